The van der Waals surface area contributed by atoms with E-state index >= 15 is 0 Å². The Morgan fingerprint density at radius 3 is 3.00 bits per heavy atom. The SMILES string of the molecule is O=C1NC=CCS1. The van der Waals surface area contributed by atoms with E-state index in [-0.39, 0.29) is 5.24 Å². The molecule has 0 unspecified atom stereocenters. The molecule has 1 N–H and O–H groups in total. The highest BCUT2D eigenvalue weighted by Crippen LogP contribution is 2.04. The third-order valence-corrected chi connectivity index (χ3v) is 1.37. The van der Waals surface area contributed by atoms with Crippen LogP contribution in [0.5, 0.6) is 0 Å². The van der Waals surface area contributed by atoms with E-state index in [9.17, 15) is 4.79 Å². The van der Waals surface area contributed by atoms with Crippen LogP contribution < -0.4 is 5.32 Å². The quantitative estimate of drug-likeness (QED) is 0.509. The van der Waals surface area contributed by atoms with Crippen LogP contribution in [0.25, 0.3) is 0 Å². The normalized spacial score (nSPS) is 19.1. The molecule has 1 amide bonds. The lowest BCUT2D eigenvalue weighted by Crippen LogP contribution is -2.14. The number of amides is 1. The molecule has 1 aliphatic heterocycles. The van der Waals surface area contributed by atoms with E-state index in [1.54, 1.807) is 6.20 Å². The van der Waals surface area contributed by atoms with Crippen LogP contribution >= 0.6 is 11.8 Å². The fraction of sp³-hybridized carbons (Fsp3) is 0.250. The molecule has 0 spiro atoms. The summed E-state index contributed by atoms with van der Waals surface area (Å²) in [6.07, 6.45) is 3.57. The molecule has 1 heterocycles. The minimum absolute atomic E-state index is 0.0440. The second-order valence-electron chi connectivity index (χ2n) is 1.15. The first kappa shape index (κ1) is 4.71. The molecule has 0 aliphatic carbocycles. The molecule has 1 rings (SSSR count). The van der Waals surface area contributed by atoms with Crippen molar-refractivity contribution in [3.63, 3.8) is 0 Å². The summed E-state index contributed by atoms with van der Waals surface area (Å²) in [5, 5.41) is 2.57. The first-order valence-corrected chi connectivity index (χ1v) is 2.96. The highest BCUT2D eigenvalue weighted by Gasteiger charge is 1.99. The Morgan fingerprint density at radius 2 is 2.71 bits per heavy atom. The maximum atomic E-state index is 10.3. The van der Waals surface area contributed by atoms with Gasteiger partial charge in [0, 0.05) is 12.0 Å². The van der Waals surface area contributed by atoms with Crippen molar-refractivity contribution in [1.29, 1.82) is 0 Å². The molecule has 0 saturated heterocycles. The van der Waals surface area contributed by atoms with Gasteiger partial charge in [0.25, 0.3) is 5.24 Å². The summed E-state index contributed by atoms with van der Waals surface area (Å²) in [6, 6.07) is 0. The number of carbonyl (C=O) groups excluding carboxylic acids is 1. The summed E-state index contributed by atoms with van der Waals surface area (Å²) in [4.78, 5) is 10.3. The lowest BCUT2D eigenvalue weighted by molar-refractivity contribution is 0.263. The summed E-state index contributed by atoms with van der Waals surface area (Å²) in [7, 11) is 0. The van der Waals surface area contributed by atoms with Gasteiger partial charge in [-0.1, -0.05) is 17.8 Å². The van der Waals surface area contributed by atoms with Gasteiger partial charge in [-0.15, -0.1) is 0 Å². The number of carbonyl (C=O) groups is 1. The number of hydrogen-bond acceptors (Lipinski definition) is 2. The molecule has 3 heteroatoms. The van der Waals surface area contributed by atoms with Crippen molar-refractivity contribution in [2.24, 2.45) is 0 Å². The minimum Gasteiger partial charge on any atom is -0.324 e. The number of thioether (sulfide) groups is 1. The summed E-state index contributed by atoms with van der Waals surface area (Å²) < 4.78 is 0. The molecule has 0 fully saturated rings. The first-order chi connectivity index (χ1) is 3.39. The monoisotopic (exact) mass is 115 g/mol. The lowest BCUT2D eigenvalue weighted by atomic mass is 10.7. The van der Waals surface area contributed by atoms with E-state index < -0.39 is 0 Å². The number of nitrogens with one attached hydrogen (secondary N) is 1. The van der Waals surface area contributed by atoms with E-state index in [2.05, 4.69) is 5.32 Å². The Hall–Kier alpha value is -0.440. The second-order valence-corrected chi connectivity index (χ2v) is 2.14. The Bertz CT molecular complexity index is 110. The fourth-order valence-electron chi connectivity index (χ4n) is 0.341. The van der Waals surface area contributed by atoms with Crippen LogP contribution in [0.1, 0.15) is 0 Å². The molecule has 0 saturated carbocycles. The van der Waals surface area contributed by atoms with Gasteiger partial charge in [-0.3, -0.25) is 4.79 Å². The molecule has 0 aromatic heterocycles. The van der Waals surface area contributed by atoms with Crippen molar-refractivity contribution in [2.45, 2.75) is 0 Å². The summed E-state index contributed by atoms with van der Waals surface area (Å²) in [5.41, 5.74) is 0. The average Bonchev–Trinajstić information content (AvgIpc) is 1.69. The number of rotatable bonds is 0. The van der Waals surface area contributed by atoms with Gasteiger partial charge < -0.3 is 5.32 Å². The van der Waals surface area contributed by atoms with Crippen LogP contribution in [0, 0.1) is 0 Å². The van der Waals surface area contributed by atoms with E-state index in [1.807, 2.05) is 6.08 Å². The predicted octanol–water partition coefficient (Wildman–Crippen LogP) is 0.957. The van der Waals surface area contributed by atoms with Gasteiger partial charge in [0.05, 0.1) is 0 Å². The topological polar surface area (TPSA) is 29.1 Å². The van der Waals surface area contributed by atoms with Crippen molar-refractivity contribution in [1.82, 2.24) is 5.32 Å². The highest BCUT2D eigenvalue weighted by molar-refractivity contribution is 8.13. The van der Waals surface area contributed by atoms with Crippen molar-refractivity contribution >= 4 is 17.0 Å². The largest absolute Gasteiger partial charge is 0.324 e. The average molecular weight is 115 g/mol. The molecule has 0 aromatic rings. The molecule has 0 radical (unpaired) electrons. The van der Waals surface area contributed by atoms with Crippen LogP contribution in [0.3, 0.4) is 0 Å². The minimum atomic E-state index is 0.0440. The van der Waals surface area contributed by atoms with Crippen LogP contribution in [0.15, 0.2) is 12.3 Å². The standard InChI is InChI=1S/C4H5NOS/c6-4-5-2-1-3-7-4/h1-2H,3H2,(H,5,6). The second kappa shape index (κ2) is 2.02. The van der Waals surface area contributed by atoms with Gasteiger partial charge in [-0.05, 0) is 0 Å². The summed E-state index contributed by atoms with van der Waals surface area (Å²) >= 11 is 1.28. The van der Waals surface area contributed by atoms with E-state index in [4.69, 9.17) is 0 Å². The Balaban J connectivity index is 2.47. The maximum Gasteiger partial charge on any atom is 0.283 e. The summed E-state index contributed by atoms with van der Waals surface area (Å²) in [6.45, 7) is 0. The first-order valence-electron chi connectivity index (χ1n) is 1.98. The molecule has 0 atom stereocenters. The highest BCUT2D eigenvalue weighted by atomic mass is 32.2. The third-order valence-electron chi connectivity index (χ3n) is 0.630. The summed E-state index contributed by atoms with van der Waals surface area (Å²) in [5.74, 6) is 0.811. The van der Waals surface area contributed by atoms with Crippen LogP contribution in [-0.4, -0.2) is 11.0 Å². The van der Waals surface area contributed by atoms with Crippen LogP contribution in [0.2, 0.25) is 0 Å². The van der Waals surface area contributed by atoms with Gasteiger partial charge in [-0.25, -0.2) is 0 Å². The van der Waals surface area contributed by atoms with Crippen molar-refractivity contribution in [2.75, 3.05) is 5.75 Å². The van der Waals surface area contributed by atoms with E-state index in [0.717, 1.165) is 5.75 Å². The molecule has 1 aliphatic rings. The molecule has 7 heavy (non-hydrogen) atoms. The molecule has 0 aromatic carbocycles. The van der Waals surface area contributed by atoms with Gasteiger partial charge in [0.2, 0.25) is 0 Å². The predicted molar refractivity (Wildman–Crippen MR) is 30.1 cm³/mol. The molecular weight excluding hydrogens is 110 g/mol. The lowest BCUT2D eigenvalue weighted by Gasteiger charge is -2.00. The number of hydrogen-bond donors (Lipinski definition) is 1. The van der Waals surface area contributed by atoms with E-state index in [0.29, 0.717) is 0 Å². The molecule has 2 nitrogen and oxygen atoms in total. The smallest absolute Gasteiger partial charge is 0.283 e. The van der Waals surface area contributed by atoms with E-state index in [1.165, 1.54) is 11.8 Å². The Morgan fingerprint density at radius 1 is 1.86 bits per heavy atom. The molecular formula is C4H5NOS. The molecule has 38 valence electrons. The van der Waals surface area contributed by atoms with Crippen molar-refractivity contribution < 1.29 is 4.79 Å². The Labute approximate surface area is 46.0 Å². The zero-order chi connectivity index (χ0) is 5.11. The fourth-order valence-corrected chi connectivity index (χ4v) is 0.836. The zero-order valence-electron chi connectivity index (χ0n) is 3.68. The van der Waals surface area contributed by atoms with Crippen LogP contribution in [0.4, 0.5) is 4.79 Å². The van der Waals surface area contributed by atoms with Gasteiger partial charge in [-0.2, -0.15) is 0 Å². The van der Waals surface area contributed by atoms with Gasteiger partial charge in [0.15, 0.2) is 0 Å². The maximum absolute atomic E-state index is 10.3. The zero-order valence-corrected chi connectivity index (χ0v) is 4.49. The Kier molecular flexibility index (Phi) is 1.36. The van der Waals surface area contributed by atoms with Crippen molar-refractivity contribution in [3.05, 3.63) is 12.3 Å². The molecule has 0 bridgehead atoms. The van der Waals surface area contributed by atoms with Gasteiger partial charge >= 0.3 is 0 Å². The van der Waals surface area contributed by atoms with Crippen LogP contribution in [-0.2, 0) is 0 Å². The van der Waals surface area contributed by atoms with Gasteiger partial charge in [0.1, 0.15) is 0 Å². The van der Waals surface area contributed by atoms with Crippen molar-refractivity contribution in [3.8, 4) is 0 Å². The third kappa shape index (κ3) is 1.23.